The first-order valence-electron chi connectivity index (χ1n) is 6.59. The summed E-state index contributed by atoms with van der Waals surface area (Å²) in [6, 6.07) is 5.74. The van der Waals surface area contributed by atoms with E-state index in [0.717, 1.165) is 34.6 Å². The second-order valence-electron chi connectivity index (χ2n) is 5.01. The van der Waals surface area contributed by atoms with E-state index in [1.54, 1.807) is 0 Å². The molecular formula is C14H18Br2N2O. The van der Waals surface area contributed by atoms with Crippen molar-refractivity contribution in [2.45, 2.75) is 44.2 Å². The Morgan fingerprint density at radius 2 is 1.95 bits per heavy atom. The summed E-state index contributed by atoms with van der Waals surface area (Å²) in [5.41, 5.74) is 6.78. The van der Waals surface area contributed by atoms with Crippen molar-refractivity contribution in [3.63, 3.8) is 0 Å². The largest absolute Gasteiger partial charge is 0.348 e. The van der Waals surface area contributed by atoms with Crippen molar-refractivity contribution in [3.05, 3.63) is 32.7 Å². The Morgan fingerprint density at radius 1 is 1.21 bits per heavy atom. The van der Waals surface area contributed by atoms with Gasteiger partial charge in [-0.1, -0.05) is 35.2 Å². The van der Waals surface area contributed by atoms with Crippen LogP contribution in [0.4, 0.5) is 0 Å². The quantitative estimate of drug-likeness (QED) is 0.759. The Kier molecular flexibility index (Phi) is 5.42. The number of amides is 1. The fraction of sp³-hybridized carbons (Fsp3) is 0.500. The van der Waals surface area contributed by atoms with Crippen molar-refractivity contribution in [1.29, 1.82) is 0 Å². The summed E-state index contributed by atoms with van der Waals surface area (Å²) in [7, 11) is 0. The average Bonchev–Trinajstić information content (AvgIpc) is 2.58. The van der Waals surface area contributed by atoms with Gasteiger partial charge in [0.2, 0.25) is 0 Å². The minimum absolute atomic E-state index is 0.0597. The molecule has 0 spiro atoms. The van der Waals surface area contributed by atoms with Crippen LogP contribution >= 0.6 is 31.9 Å². The van der Waals surface area contributed by atoms with Crippen LogP contribution in [-0.4, -0.2) is 18.0 Å². The second-order valence-corrected chi connectivity index (χ2v) is 6.78. The third kappa shape index (κ3) is 4.04. The Morgan fingerprint density at radius 3 is 2.74 bits per heavy atom. The smallest absolute Gasteiger partial charge is 0.252 e. The SMILES string of the molecule is NC1CCCCCC1NC(=O)c1cc(Br)ccc1Br. The van der Waals surface area contributed by atoms with E-state index in [9.17, 15) is 4.79 Å². The van der Waals surface area contributed by atoms with E-state index in [-0.39, 0.29) is 18.0 Å². The average molecular weight is 390 g/mol. The van der Waals surface area contributed by atoms with Gasteiger partial charge in [0.05, 0.1) is 5.56 Å². The van der Waals surface area contributed by atoms with E-state index in [2.05, 4.69) is 37.2 Å². The molecular weight excluding hydrogens is 372 g/mol. The van der Waals surface area contributed by atoms with Gasteiger partial charge in [-0.3, -0.25) is 4.79 Å². The molecule has 2 unspecified atom stereocenters. The van der Waals surface area contributed by atoms with E-state index in [4.69, 9.17) is 5.73 Å². The molecule has 0 aromatic heterocycles. The van der Waals surface area contributed by atoms with Gasteiger partial charge in [-0.15, -0.1) is 0 Å². The van der Waals surface area contributed by atoms with Crippen molar-refractivity contribution >= 4 is 37.8 Å². The molecule has 1 fully saturated rings. The highest BCUT2D eigenvalue weighted by Crippen LogP contribution is 2.23. The molecule has 1 aromatic carbocycles. The van der Waals surface area contributed by atoms with Crippen LogP contribution < -0.4 is 11.1 Å². The molecule has 0 aliphatic heterocycles. The molecule has 1 aliphatic carbocycles. The highest BCUT2D eigenvalue weighted by molar-refractivity contribution is 9.11. The van der Waals surface area contributed by atoms with Crippen molar-refractivity contribution < 1.29 is 4.79 Å². The van der Waals surface area contributed by atoms with Crippen LogP contribution in [0.25, 0.3) is 0 Å². The van der Waals surface area contributed by atoms with E-state index >= 15 is 0 Å². The number of rotatable bonds is 2. The predicted molar refractivity (Wildman–Crippen MR) is 84.2 cm³/mol. The molecule has 0 bridgehead atoms. The van der Waals surface area contributed by atoms with Crippen molar-refractivity contribution in [1.82, 2.24) is 5.32 Å². The minimum Gasteiger partial charge on any atom is -0.348 e. The molecule has 0 radical (unpaired) electrons. The number of halogens is 2. The minimum atomic E-state index is -0.0597. The zero-order valence-corrected chi connectivity index (χ0v) is 13.8. The molecule has 1 aromatic rings. The molecule has 5 heteroatoms. The molecule has 1 saturated carbocycles. The van der Waals surface area contributed by atoms with Gasteiger partial charge in [0, 0.05) is 21.0 Å². The monoisotopic (exact) mass is 388 g/mol. The van der Waals surface area contributed by atoms with E-state index in [1.165, 1.54) is 6.42 Å². The van der Waals surface area contributed by atoms with Crippen LogP contribution in [0.3, 0.4) is 0 Å². The Bertz CT molecular complexity index is 465. The first kappa shape index (κ1) is 15.0. The normalized spacial score (nSPS) is 23.7. The Hall–Kier alpha value is -0.390. The summed E-state index contributed by atoms with van der Waals surface area (Å²) in [6.45, 7) is 0. The number of nitrogens with one attached hydrogen (secondary N) is 1. The molecule has 2 atom stereocenters. The van der Waals surface area contributed by atoms with E-state index in [1.807, 2.05) is 18.2 Å². The highest BCUT2D eigenvalue weighted by atomic mass is 79.9. The number of carbonyl (C=O) groups is 1. The van der Waals surface area contributed by atoms with Crippen LogP contribution in [0, 0.1) is 0 Å². The fourth-order valence-corrected chi connectivity index (χ4v) is 3.22. The zero-order chi connectivity index (χ0) is 13.8. The lowest BCUT2D eigenvalue weighted by Crippen LogP contribution is -2.47. The summed E-state index contributed by atoms with van der Waals surface area (Å²) in [6.07, 6.45) is 5.47. The molecule has 1 amide bonds. The molecule has 3 N–H and O–H groups in total. The third-order valence-corrected chi connectivity index (χ3v) is 4.74. The standard InChI is InChI=1S/C14H18Br2N2O/c15-9-6-7-11(16)10(8-9)14(19)18-13-5-3-1-2-4-12(13)17/h6-8,12-13H,1-5,17H2,(H,18,19). The number of carbonyl (C=O) groups excluding carboxylic acids is 1. The van der Waals surface area contributed by atoms with Gasteiger partial charge in [0.25, 0.3) is 5.91 Å². The summed E-state index contributed by atoms with van der Waals surface area (Å²) in [5.74, 6) is -0.0597. The summed E-state index contributed by atoms with van der Waals surface area (Å²) in [5, 5.41) is 3.08. The molecule has 3 nitrogen and oxygen atoms in total. The van der Waals surface area contributed by atoms with Crippen molar-refractivity contribution in [2.75, 3.05) is 0 Å². The van der Waals surface area contributed by atoms with Gasteiger partial charge in [-0.05, 0) is 47.0 Å². The van der Waals surface area contributed by atoms with E-state index < -0.39 is 0 Å². The lowest BCUT2D eigenvalue weighted by atomic mass is 10.0. The Balaban J connectivity index is 2.09. The van der Waals surface area contributed by atoms with Gasteiger partial charge in [-0.25, -0.2) is 0 Å². The molecule has 19 heavy (non-hydrogen) atoms. The number of nitrogens with two attached hydrogens (primary N) is 1. The molecule has 2 rings (SSSR count). The summed E-state index contributed by atoms with van der Waals surface area (Å²) >= 11 is 6.80. The predicted octanol–water partition coefficient (Wildman–Crippen LogP) is 3.60. The topological polar surface area (TPSA) is 55.1 Å². The molecule has 104 valence electrons. The van der Waals surface area contributed by atoms with Crippen LogP contribution in [0.15, 0.2) is 27.1 Å². The lowest BCUT2D eigenvalue weighted by molar-refractivity contribution is 0.0928. The van der Waals surface area contributed by atoms with Gasteiger partial charge in [0.15, 0.2) is 0 Å². The zero-order valence-electron chi connectivity index (χ0n) is 10.7. The molecule has 1 aliphatic rings. The van der Waals surface area contributed by atoms with Crippen LogP contribution in [0.1, 0.15) is 42.5 Å². The van der Waals surface area contributed by atoms with Crippen molar-refractivity contribution in [3.8, 4) is 0 Å². The van der Waals surface area contributed by atoms with Gasteiger partial charge in [0.1, 0.15) is 0 Å². The molecule has 0 heterocycles. The maximum atomic E-state index is 12.3. The lowest BCUT2D eigenvalue weighted by Gasteiger charge is -2.23. The maximum absolute atomic E-state index is 12.3. The van der Waals surface area contributed by atoms with Crippen molar-refractivity contribution in [2.24, 2.45) is 5.73 Å². The van der Waals surface area contributed by atoms with Gasteiger partial charge >= 0.3 is 0 Å². The van der Waals surface area contributed by atoms with Crippen LogP contribution in [-0.2, 0) is 0 Å². The molecule has 0 saturated heterocycles. The number of hydrogen-bond donors (Lipinski definition) is 2. The van der Waals surface area contributed by atoms with Gasteiger partial charge in [-0.2, -0.15) is 0 Å². The first-order chi connectivity index (χ1) is 9.08. The second kappa shape index (κ2) is 6.86. The fourth-order valence-electron chi connectivity index (χ4n) is 2.43. The number of hydrogen-bond acceptors (Lipinski definition) is 2. The maximum Gasteiger partial charge on any atom is 0.252 e. The summed E-state index contributed by atoms with van der Waals surface area (Å²) < 4.78 is 1.70. The van der Waals surface area contributed by atoms with E-state index in [0.29, 0.717) is 5.56 Å². The Labute approximate surface area is 130 Å². The van der Waals surface area contributed by atoms with Gasteiger partial charge < -0.3 is 11.1 Å². The van der Waals surface area contributed by atoms with Crippen LogP contribution in [0.2, 0.25) is 0 Å². The van der Waals surface area contributed by atoms with Crippen LogP contribution in [0.5, 0.6) is 0 Å². The number of benzene rings is 1. The first-order valence-corrected chi connectivity index (χ1v) is 8.18. The summed E-state index contributed by atoms with van der Waals surface area (Å²) in [4.78, 5) is 12.3. The third-order valence-electron chi connectivity index (χ3n) is 3.56. The highest BCUT2D eigenvalue weighted by Gasteiger charge is 2.23.